The van der Waals surface area contributed by atoms with Crippen LogP contribution in [0.15, 0.2) is 0 Å². The average molecular weight is 250 g/mol. The van der Waals surface area contributed by atoms with Crippen LogP contribution in [-0.4, -0.2) is 22.4 Å². The van der Waals surface area contributed by atoms with E-state index in [1.54, 1.807) is 0 Å². The van der Waals surface area contributed by atoms with E-state index in [0.29, 0.717) is 10.9 Å². The van der Waals surface area contributed by atoms with Gasteiger partial charge < -0.3 is 4.74 Å². The van der Waals surface area contributed by atoms with Crippen LogP contribution in [0.3, 0.4) is 0 Å². The lowest BCUT2D eigenvalue weighted by molar-refractivity contribution is 0.0873. The molecule has 0 amide bonds. The van der Waals surface area contributed by atoms with Crippen molar-refractivity contribution < 1.29 is 4.74 Å². The lowest BCUT2D eigenvalue weighted by atomic mass is 10.5. The van der Waals surface area contributed by atoms with Gasteiger partial charge in [-0.3, -0.25) is 0 Å². The van der Waals surface area contributed by atoms with Crippen molar-refractivity contribution in [1.29, 1.82) is 0 Å². The third-order valence-electron chi connectivity index (χ3n) is 1.99. The summed E-state index contributed by atoms with van der Waals surface area (Å²) >= 11 is 3.93. The maximum absolute atomic E-state index is 6.08. The van der Waals surface area contributed by atoms with Crippen LogP contribution in [0.1, 0.15) is 53.4 Å². The van der Waals surface area contributed by atoms with Crippen molar-refractivity contribution in [1.82, 2.24) is 0 Å². The Bertz CT molecular complexity index is 117. The fourth-order valence-corrected chi connectivity index (χ4v) is 3.14. The average Bonchev–Trinajstić information content (AvgIpc) is 2.28. The zero-order valence-electron chi connectivity index (χ0n) is 10.6. The second-order valence-electron chi connectivity index (χ2n) is 3.55. The standard InChI is InChI=1S/C12H26OS2/c1-5-9-14-11(7-3)13-12(8-4)15-10-6-2/h11-12H,5-10H2,1-4H3. The molecule has 0 saturated carbocycles. The molecule has 0 radical (unpaired) electrons. The minimum Gasteiger partial charge on any atom is -0.354 e. The summed E-state index contributed by atoms with van der Waals surface area (Å²) in [6, 6.07) is 0. The first kappa shape index (κ1) is 15.7. The van der Waals surface area contributed by atoms with E-state index >= 15 is 0 Å². The molecule has 0 bridgehead atoms. The fourth-order valence-electron chi connectivity index (χ4n) is 1.17. The van der Waals surface area contributed by atoms with Gasteiger partial charge in [-0.25, -0.2) is 0 Å². The van der Waals surface area contributed by atoms with Gasteiger partial charge in [0.05, 0.1) is 0 Å². The van der Waals surface area contributed by atoms with Crippen LogP contribution in [0.5, 0.6) is 0 Å². The lowest BCUT2D eigenvalue weighted by Gasteiger charge is -2.22. The Labute approximate surface area is 104 Å². The summed E-state index contributed by atoms with van der Waals surface area (Å²) in [7, 11) is 0. The Hall–Kier alpha value is 0.660. The molecule has 3 heteroatoms. The maximum atomic E-state index is 6.08. The van der Waals surface area contributed by atoms with Gasteiger partial charge in [0.2, 0.25) is 0 Å². The molecule has 0 aromatic rings. The molecule has 2 unspecified atom stereocenters. The van der Waals surface area contributed by atoms with Gasteiger partial charge in [0.25, 0.3) is 0 Å². The smallest absolute Gasteiger partial charge is 0.104 e. The van der Waals surface area contributed by atoms with Crippen molar-refractivity contribution in [3.05, 3.63) is 0 Å². The molecular weight excluding hydrogens is 224 g/mol. The first-order chi connectivity index (χ1) is 7.28. The Balaban J connectivity index is 3.77. The molecule has 0 aliphatic carbocycles. The van der Waals surface area contributed by atoms with E-state index in [0.717, 1.165) is 12.8 Å². The zero-order chi connectivity index (χ0) is 11.5. The summed E-state index contributed by atoms with van der Waals surface area (Å²) in [6.07, 6.45) is 4.72. The van der Waals surface area contributed by atoms with Crippen molar-refractivity contribution in [2.24, 2.45) is 0 Å². The molecular formula is C12H26OS2. The van der Waals surface area contributed by atoms with Gasteiger partial charge in [-0.1, -0.05) is 27.7 Å². The molecule has 15 heavy (non-hydrogen) atoms. The molecule has 0 aromatic carbocycles. The number of thioether (sulfide) groups is 2. The molecule has 0 rings (SSSR count). The summed E-state index contributed by atoms with van der Waals surface area (Å²) in [6.45, 7) is 8.88. The van der Waals surface area contributed by atoms with E-state index in [2.05, 4.69) is 27.7 Å². The molecule has 0 saturated heterocycles. The van der Waals surface area contributed by atoms with E-state index in [4.69, 9.17) is 4.74 Å². The number of hydrogen-bond donors (Lipinski definition) is 0. The predicted molar refractivity (Wildman–Crippen MR) is 74.7 cm³/mol. The summed E-state index contributed by atoms with van der Waals surface area (Å²) in [5.74, 6) is 2.43. The summed E-state index contributed by atoms with van der Waals surface area (Å²) in [4.78, 5) is 0. The highest BCUT2D eigenvalue weighted by molar-refractivity contribution is 8.00. The van der Waals surface area contributed by atoms with Crippen molar-refractivity contribution in [3.63, 3.8) is 0 Å². The molecule has 0 aromatic heterocycles. The zero-order valence-corrected chi connectivity index (χ0v) is 12.3. The molecule has 0 fully saturated rings. The highest BCUT2D eigenvalue weighted by Gasteiger charge is 2.13. The Morgan fingerprint density at radius 1 is 0.800 bits per heavy atom. The van der Waals surface area contributed by atoms with Gasteiger partial charge in [0.1, 0.15) is 10.9 Å². The number of rotatable bonds is 10. The molecule has 0 aliphatic heterocycles. The molecule has 0 spiro atoms. The SMILES string of the molecule is CCCSC(CC)OC(CC)SCCC. The summed E-state index contributed by atoms with van der Waals surface area (Å²) in [5.41, 5.74) is 0.804. The second-order valence-corrected chi connectivity index (χ2v) is 6.09. The largest absolute Gasteiger partial charge is 0.354 e. The van der Waals surface area contributed by atoms with E-state index < -0.39 is 0 Å². The minimum absolute atomic E-state index is 0.402. The van der Waals surface area contributed by atoms with Gasteiger partial charge in [-0.05, 0) is 37.2 Å². The van der Waals surface area contributed by atoms with Crippen LogP contribution in [0, 0.1) is 0 Å². The van der Waals surface area contributed by atoms with Gasteiger partial charge in [0.15, 0.2) is 0 Å². The highest BCUT2D eigenvalue weighted by atomic mass is 32.2. The van der Waals surface area contributed by atoms with Crippen LogP contribution >= 0.6 is 23.5 Å². The van der Waals surface area contributed by atoms with Crippen LogP contribution in [-0.2, 0) is 4.74 Å². The first-order valence-corrected chi connectivity index (χ1v) is 8.26. The van der Waals surface area contributed by atoms with E-state index in [1.165, 1.54) is 24.3 Å². The van der Waals surface area contributed by atoms with Crippen molar-refractivity contribution in [2.45, 2.75) is 64.3 Å². The maximum Gasteiger partial charge on any atom is 0.104 e. The van der Waals surface area contributed by atoms with Crippen LogP contribution in [0.2, 0.25) is 0 Å². The first-order valence-electron chi connectivity index (χ1n) is 6.17. The topological polar surface area (TPSA) is 9.23 Å². The fraction of sp³-hybridized carbons (Fsp3) is 1.00. The molecule has 2 atom stereocenters. The molecule has 1 nitrogen and oxygen atoms in total. The number of ether oxygens (including phenoxy) is 1. The van der Waals surface area contributed by atoms with Gasteiger partial charge in [-0.2, -0.15) is 0 Å². The van der Waals surface area contributed by atoms with Gasteiger partial charge >= 0.3 is 0 Å². The Kier molecular flexibility index (Phi) is 11.6. The molecule has 0 heterocycles. The van der Waals surface area contributed by atoms with Gasteiger partial charge in [0, 0.05) is 0 Å². The minimum atomic E-state index is 0.402. The molecule has 0 aliphatic rings. The van der Waals surface area contributed by atoms with Crippen molar-refractivity contribution in [3.8, 4) is 0 Å². The monoisotopic (exact) mass is 250 g/mol. The van der Waals surface area contributed by atoms with Crippen LogP contribution in [0.4, 0.5) is 0 Å². The van der Waals surface area contributed by atoms with E-state index in [1.807, 2.05) is 23.5 Å². The Morgan fingerprint density at radius 3 is 1.47 bits per heavy atom. The van der Waals surface area contributed by atoms with Crippen LogP contribution in [0.25, 0.3) is 0 Å². The van der Waals surface area contributed by atoms with E-state index in [9.17, 15) is 0 Å². The molecule has 0 N–H and O–H groups in total. The summed E-state index contributed by atoms with van der Waals surface area (Å²) < 4.78 is 6.08. The summed E-state index contributed by atoms with van der Waals surface area (Å²) in [5, 5.41) is 0. The third kappa shape index (κ3) is 8.47. The lowest BCUT2D eigenvalue weighted by Crippen LogP contribution is -2.16. The van der Waals surface area contributed by atoms with Crippen molar-refractivity contribution in [2.75, 3.05) is 11.5 Å². The highest BCUT2D eigenvalue weighted by Crippen LogP contribution is 2.25. The quantitative estimate of drug-likeness (QED) is 0.517. The van der Waals surface area contributed by atoms with E-state index in [-0.39, 0.29) is 0 Å². The Morgan fingerprint density at radius 2 is 1.20 bits per heavy atom. The van der Waals surface area contributed by atoms with Crippen molar-refractivity contribution >= 4 is 23.5 Å². The number of hydrogen-bond acceptors (Lipinski definition) is 3. The van der Waals surface area contributed by atoms with Crippen LogP contribution < -0.4 is 0 Å². The third-order valence-corrected chi connectivity index (χ3v) is 4.91. The second kappa shape index (κ2) is 11.2. The normalized spacial score (nSPS) is 15.2. The predicted octanol–water partition coefficient (Wildman–Crippen LogP) is 4.76. The molecule has 92 valence electrons. The van der Waals surface area contributed by atoms with Gasteiger partial charge in [-0.15, -0.1) is 23.5 Å².